The van der Waals surface area contributed by atoms with Crippen molar-refractivity contribution in [3.8, 4) is 0 Å². The van der Waals surface area contributed by atoms with E-state index in [-0.39, 0.29) is 23.8 Å². The number of piperidine rings is 2. The minimum atomic E-state index is -0.429. The Morgan fingerprint density at radius 2 is 1.91 bits per heavy atom. The normalized spacial score (nSPS) is 21.5. The van der Waals surface area contributed by atoms with Crippen molar-refractivity contribution in [3.05, 3.63) is 58.9 Å². The van der Waals surface area contributed by atoms with E-state index in [9.17, 15) is 14.4 Å². The van der Waals surface area contributed by atoms with Crippen molar-refractivity contribution < 1.29 is 14.4 Å². The van der Waals surface area contributed by atoms with Crippen LogP contribution in [-0.4, -0.2) is 63.1 Å². The number of halogens is 1. The number of nitrogens with one attached hydrogen (secondary N) is 3. The molecule has 0 bridgehead atoms. The van der Waals surface area contributed by atoms with E-state index in [1.807, 2.05) is 44.3 Å². The second-order valence-electron chi connectivity index (χ2n) is 12.4. The van der Waals surface area contributed by atoms with Crippen LogP contribution in [0.15, 0.2) is 42.6 Å². The fourth-order valence-electron chi connectivity index (χ4n) is 6.88. The number of hydrogen-bond donors (Lipinski definition) is 3. The van der Waals surface area contributed by atoms with Crippen molar-refractivity contribution in [1.82, 2.24) is 25.1 Å². The van der Waals surface area contributed by atoms with E-state index < -0.39 is 5.92 Å². The van der Waals surface area contributed by atoms with Crippen molar-refractivity contribution in [3.63, 3.8) is 0 Å². The lowest BCUT2D eigenvalue weighted by atomic mass is 9.92. The largest absolute Gasteiger partial charge is 0.382 e. The average molecular weight is 642 g/mol. The quantitative estimate of drug-likeness (QED) is 0.249. The molecule has 238 valence electrons. The lowest BCUT2D eigenvalue weighted by molar-refractivity contribution is -0.134. The van der Waals surface area contributed by atoms with Gasteiger partial charge in [0.1, 0.15) is 5.02 Å². The Morgan fingerprint density at radius 1 is 1.09 bits per heavy atom. The van der Waals surface area contributed by atoms with E-state index in [0.29, 0.717) is 54.2 Å². The zero-order chi connectivity index (χ0) is 32.1. The maximum Gasteiger partial charge on any atom is 0.235 e. The van der Waals surface area contributed by atoms with Crippen molar-refractivity contribution >= 4 is 69.1 Å². The van der Waals surface area contributed by atoms with Gasteiger partial charge in [-0.05, 0) is 67.6 Å². The Hall–Kier alpha value is -4.71. The van der Waals surface area contributed by atoms with Gasteiger partial charge in [0, 0.05) is 61.6 Å². The fraction of sp³-hybridized carbons (Fsp3) is 0.394. The molecule has 0 spiro atoms. The van der Waals surface area contributed by atoms with Crippen LogP contribution in [0.5, 0.6) is 0 Å². The SMILES string of the molecule is CCN1C(=O)Cc2cc(Nc3nc(N4CC[C@@H](Nc5ccc6c(C7CCC(=O)NC7=O)nn(C)c6c5)[C@H](C)C4)ncc3Cl)ccc21. The molecule has 3 aliphatic rings. The van der Waals surface area contributed by atoms with Gasteiger partial charge >= 0.3 is 0 Å². The van der Waals surface area contributed by atoms with Crippen LogP contribution in [-0.2, 0) is 27.9 Å². The molecular weight excluding hydrogens is 606 g/mol. The number of imide groups is 1. The molecule has 12 nitrogen and oxygen atoms in total. The molecule has 3 aliphatic heterocycles. The number of hydrogen-bond acceptors (Lipinski definition) is 9. The van der Waals surface area contributed by atoms with Crippen molar-refractivity contribution in [1.29, 1.82) is 0 Å². The first-order chi connectivity index (χ1) is 22.2. The molecule has 7 rings (SSSR count). The second kappa shape index (κ2) is 11.9. The van der Waals surface area contributed by atoms with Crippen LogP contribution in [0.4, 0.5) is 28.8 Å². The Labute approximate surface area is 271 Å². The molecular formula is C33H36ClN9O3. The van der Waals surface area contributed by atoms with Gasteiger partial charge in [0.2, 0.25) is 23.7 Å². The van der Waals surface area contributed by atoms with E-state index >= 15 is 0 Å². The number of aromatic nitrogens is 4. The molecule has 13 heteroatoms. The summed E-state index contributed by atoms with van der Waals surface area (Å²) in [5.74, 6) is 0.602. The first kappa shape index (κ1) is 30.0. The van der Waals surface area contributed by atoms with Gasteiger partial charge in [0.25, 0.3) is 0 Å². The molecule has 5 heterocycles. The number of amides is 3. The Morgan fingerprint density at radius 3 is 2.70 bits per heavy atom. The first-order valence-electron chi connectivity index (χ1n) is 15.7. The number of likely N-dealkylation sites (N-methyl/N-ethyl adjacent to an activating group) is 1. The summed E-state index contributed by atoms with van der Waals surface area (Å²) >= 11 is 6.51. The maximum atomic E-state index is 12.5. The van der Waals surface area contributed by atoms with E-state index in [4.69, 9.17) is 16.6 Å². The number of benzene rings is 2. The summed E-state index contributed by atoms with van der Waals surface area (Å²) < 4.78 is 1.80. The number of fused-ring (bicyclic) bond motifs is 2. The summed E-state index contributed by atoms with van der Waals surface area (Å²) in [6.07, 6.45) is 3.69. The predicted molar refractivity (Wildman–Crippen MR) is 178 cm³/mol. The number of nitrogens with zero attached hydrogens (tertiary/aromatic N) is 6. The Bertz CT molecular complexity index is 1870. The van der Waals surface area contributed by atoms with Gasteiger partial charge in [-0.3, -0.25) is 24.4 Å². The van der Waals surface area contributed by atoms with E-state index in [1.165, 1.54) is 0 Å². The van der Waals surface area contributed by atoms with Crippen LogP contribution in [0.2, 0.25) is 5.02 Å². The molecule has 0 aliphatic carbocycles. The molecule has 4 aromatic rings. The predicted octanol–water partition coefficient (Wildman–Crippen LogP) is 4.52. The summed E-state index contributed by atoms with van der Waals surface area (Å²) in [7, 11) is 1.88. The molecule has 0 saturated carbocycles. The highest BCUT2D eigenvalue weighted by molar-refractivity contribution is 6.33. The summed E-state index contributed by atoms with van der Waals surface area (Å²) in [4.78, 5) is 49.8. The molecule has 2 aromatic carbocycles. The highest BCUT2D eigenvalue weighted by Crippen LogP contribution is 2.35. The van der Waals surface area contributed by atoms with Crippen LogP contribution < -0.4 is 25.8 Å². The molecule has 1 unspecified atom stereocenters. The van der Waals surface area contributed by atoms with Gasteiger partial charge in [0.15, 0.2) is 5.82 Å². The van der Waals surface area contributed by atoms with Crippen molar-refractivity contribution in [2.75, 3.05) is 40.1 Å². The molecule has 3 amide bonds. The molecule has 2 aromatic heterocycles. The molecule has 3 N–H and O–H groups in total. The van der Waals surface area contributed by atoms with Crippen LogP contribution in [0, 0.1) is 5.92 Å². The number of aryl methyl sites for hydroxylation is 1. The summed E-state index contributed by atoms with van der Waals surface area (Å²) in [5, 5.41) is 15.5. The van der Waals surface area contributed by atoms with Crippen LogP contribution in [0.3, 0.4) is 0 Å². The van der Waals surface area contributed by atoms with E-state index in [2.05, 4.69) is 43.9 Å². The lowest BCUT2D eigenvalue weighted by Gasteiger charge is -2.37. The summed E-state index contributed by atoms with van der Waals surface area (Å²) in [5.41, 5.74) is 5.40. The Balaban J connectivity index is 1.02. The molecule has 46 heavy (non-hydrogen) atoms. The number of carbonyl (C=O) groups is 3. The van der Waals surface area contributed by atoms with Gasteiger partial charge in [-0.25, -0.2) is 4.98 Å². The third-order valence-corrected chi connectivity index (χ3v) is 9.59. The molecule has 2 saturated heterocycles. The van der Waals surface area contributed by atoms with Crippen molar-refractivity contribution in [2.24, 2.45) is 13.0 Å². The van der Waals surface area contributed by atoms with Crippen LogP contribution in [0.1, 0.15) is 50.3 Å². The molecule has 3 atom stereocenters. The Kier molecular flexibility index (Phi) is 7.75. The highest BCUT2D eigenvalue weighted by atomic mass is 35.5. The fourth-order valence-corrected chi connectivity index (χ4v) is 7.02. The van der Waals surface area contributed by atoms with Gasteiger partial charge in [0.05, 0.1) is 29.7 Å². The summed E-state index contributed by atoms with van der Waals surface area (Å²) in [6, 6.07) is 12.2. The highest BCUT2D eigenvalue weighted by Gasteiger charge is 2.32. The second-order valence-corrected chi connectivity index (χ2v) is 12.8. The average Bonchev–Trinajstić information content (AvgIpc) is 3.53. The zero-order valence-corrected chi connectivity index (χ0v) is 26.8. The minimum absolute atomic E-state index is 0.112. The van der Waals surface area contributed by atoms with E-state index in [0.717, 1.165) is 53.0 Å². The lowest BCUT2D eigenvalue weighted by Crippen LogP contribution is -2.46. The van der Waals surface area contributed by atoms with E-state index in [1.54, 1.807) is 15.8 Å². The monoisotopic (exact) mass is 641 g/mol. The summed E-state index contributed by atoms with van der Waals surface area (Å²) in [6.45, 7) is 6.38. The number of anilines is 5. The van der Waals surface area contributed by atoms with Crippen LogP contribution >= 0.6 is 11.6 Å². The smallest absolute Gasteiger partial charge is 0.235 e. The van der Waals surface area contributed by atoms with Crippen LogP contribution in [0.25, 0.3) is 10.9 Å². The standard InChI is InChI=1S/C33H36ClN9O3/c1-4-43-26-9-6-20(13-19(26)14-29(43)45)37-31-24(34)16-35-33(39-31)42-12-11-25(18(2)17-42)36-21-5-7-22-27(15-21)41(3)40-30(22)23-8-10-28(44)38-32(23)46/h5-7,9,13,15-16,18,23,25,36H,4,8,10-12,14,17H2,1-3H3,(H,35,37,39)(H,38,44,46)/t18-,23?,25-/m1/s1. The van der Waals surface area contributed by atoms with Gasteiger partial charge in [-0.15, -0.1) is 0 Å². The van der Waals surface area contributed by atoms with Gasteiger partial charge in [-0.2, -0.15) is 10.1 Å². The van der Waals surface area contributed by atoms with Gasteiger partial charge in [-0.1, -0.05) is 18.5 Å². The van der Waals surface area contributed by atoms with Gasteiger partial charge < -0.3 is 20.4 Å². The van der Waals surface area contributed by atoms with Crippen molar-refractivity contribution in [2.45, 2.75) is 51.5 Å². The molecule has 2 fully saturated rings. The topological polar surface area (TPSA) is 137 Å². The third-order valence-electron chi connectivity index (χ3n) is 9.31. The number of rotatable bonds is 7. The molecule has 0 radical (unpaired) electrons. The minimum Gasteiger partial charge on any atom is -0.382 e. The number of carbonyl (C=O) groups excluding carboxylic acids is 3. The zero-order valence-electron chi connectivity index (χ0n) is 26.0. The maximum absolute atomic E-state index is 12.5. The third kappa shape index (κ3) is 5.51. The first-order valence-corrected chi connectivity index (χ1v) is 16.1.